The zero-order chi connectivity index (χ0) is 15.2. The SMILES string of the molecule is CCCCCCCCC(CCCC1CCCO1)NCCC. The Morgan fingerprint density at radius 2 is 1.71 bits per heavy atom. The predicted octanol–water partition coefficient (Wildman–Crippen LogP) is 5.45. The first-order chi connectivity index (χ1) is 10.4. The van der Waals surface area contributed by atoms with Crippen molar-refractivity contribution in [3.8, 4) is 0 Å². The summed E-state index contributed by atoms with van der Waals surface area (Å²) in [7, 11) is 0. The Hall–Kier alpha value is -0.0800. The summed E-state index contributed by atoms with van der Waals surface area (Å²) in [6, 6.07) is 0.748. The van der Waals surface area contributed by atoms with Gasteiger partial charge in [-0.05, 0) is 51.5 Å². The fourth-order valence-electron chi connectivity index (χ4n) is 3.33. The van der Waals surface area contributed by atoms with Gasteiger partial charge in [0.25, 0.3) is 0 Å². The molecule has 0 aromatic carbocycles. The molecule has 0 saturated carbocycles. The monoisotopic (exact) mass is 297 g/mol. The van der Waals surface area contributed by atoms with Crippen LogP contribution in [0.4, 0.5) is 0 Å². The Bertz CT molecular complexity index is 214. The van der Waals surface area contributed by atoms with Crippen LogP contribution in [-0.2, 0) is 4.74 Å². The molecular weight excluding hydrogens is 258 g/mol. The smallest absolute Gasteiger partial charge is 0.0576 e. The molecule has 1 aliphatic rings. The molecule has 0 radical (unpaired) electrons. The zero-order valence-corrected chi connectivity index (χ0v) is 14.7. The lowest BCUT2D eigenvalue weighted by molar-refractivity contribution is 0.101. The van der Waals surface area contributed by atoms with Crippen molar-refractivity contribution < 1.29 is 4.74 Å². The number of nitrogens with one attached hydrogen (secondary N) is 1. The van der Waals surface area contributed by atoms with Gasteiger partial charge in [-0.2, -0.15) is 0 Å². The van der Waals surface area contributed by atoms with Gasteiger partial charge in [-0.1, -0.05) is 52.4 Å². The first kappa shape index (κ1) is 19.0. The molecule has 0 amide bonds. The number of rotatable bonds is 14. The molecule has 1 aliphatic heterocycles. The van der Waals surface area contributed by atoms with E-state index in [0.717, 1.165) is 12.6 Å². The first-order valence-electron chi connectivity index (χ1n) is 9.71. The number of unbranched alkanes of at least 4 members (excludes halogenated alkanes) is 5. The second-order valence-corrected chi connectivity index (χ2v) is 6.77. The maximum absolute atomic E-state index is 5.73. The average molecular weight is 298 g/mol. The van der Waals surface area contributed by atoms with Crippen molar-refractivity contribution in [1.82, 2.24) is 5.32 Å². The van der Waals surface area contributed by atoms with E-state index in [-0.39, 0.29) is 0 Å². The Labute approximate surface area is 133 Å². The van der Waals surface area contributed by atoms with E-state index in [1.54, 1.807) is 0 Å². The van der Waals surface area contributed by atoms with E-state index in [4.69, 9.17) is 4.74 Å². The summed E-state index contributed by atoms with van der Waals surface area (Å²) < 4.78 is 5.73. The highest BCUT2D eigenvalue weighted by Gasteiger charge is 2.16. The normalized spacial score (nSPS) is 20.0. The highest BCUT2D eigenvalue weighted by Crippen LogP contribution is 2.19. The molecule has 1 heterocycles. The van der Waals surface area contributed by atoms with Crippen LogP contribution in [-0.4, -0.2) is 25.3 Å². The third-order valence-electron chi connectivity index (χ3n) is 4.69. The van der Waals surface area contributed by atoms with E-state index in [1.807, 2.05) is 0 Å². The largest absolute Gasteiger partial charge is 0.378 e. The summed E-state index contributed by atoms with van der Waals surface area (Å²) in [6.45, 7) is 6.74. The van der Waals surface area contributed by atoms with Gasteiger partial charge in [0.15, 0.2) is 0 Å². The molecule has 0 spiro atoms. The van der Waals surface area contributed by atoms with Crippen molar-refractivity contribution in [3.63, 3.8) is 0 Å². The standard InChI is InChI=1S/C19H39NO/c1-3-5-6-7-8-9-12-18(20-16-4-2)13-10-14-19-15-11-17-21-19/h18-20H,3-17H2,1-2H3. The summed E-state index contributed by atoms with van der Waals surface area (Å²) in [5, 5.41) is 3.76. The van der Waals surface area contributed by atoms with Crippen molar-refractivity contribution in [2.45, 2.75) is 109 Å². The molecule has 2 nitrogen and oxygen atoms in total. The van der Waals surface area contributed by atoms with Crippen LogP contribution in [0.2, 0.25) is 0 Å². The van der Waals surface area contributed by atoms with Gasteiger partial charge in [-0.15, -0.1) is 0 Å². The highest BCUT2D eigenvalue weighted by atomic mass is 16.5. The fourth-order valence-corrected chi connectivity index (χ4v) is 3.33. The van der Waals surface area contributed by atoms with Crippen molar-refractivity contribution in [2.24, 2.45) is 0 Å². The van der Waals surface area contributed by atoms with Gasteiger partial charge in [-0.25, -0.2) is 0 Å². The van der Waals surface area contributed by atoms with Crippen LogP contribution in [0, 0.1) is 0 Å². The van der Waals surface area contributed by atoms with E-state index in [2.05, 4.69) is 19.2 Å². The van der Waals surface area contributed by atoms with Crippen LogP contribution in [0.25, 0.3) is 0 Å². The average Bonchev–Trinajstić information content (AvgIpc) is 3.01. The van der Waals surface area contributed by atoms with Crippen LogP contribution in [0.5, 0.6) is 0 Å². The Morgan fingerprint density at radius 3 is 2.43 bits per heavy atom. The molecule has 1 saturated heterocycles. The highest BCUT2D eigenvalue weighted by molar-refractivity contribution is 4.70. The summed E-state index contributed by atoms with van der Waals surface area (Å²) in [5.41, 5.74) is 0. The third-order valence-corrected chi connectivity index (χ3v) is 4.69. The topological polar surface area (TPSA) is 21.3 Å². The summed E-state index contributed by atoms with van der Waals surface area (Å²) >= 11 is 0. The Balaban J connectivity index is 2.05. The first-order valence-corrected chi connectivity index (χ1v) is 9.71. The van der Waals surface area contributed by atoms with Crippen molar-refractivity contribution in [1.29, 1.82) is 0 Å². The molecule has 21 heavy (non-hydrogen) atoms. The quantitative estimate of drug-likeness (QED) is 0.430. The fraction of sp³-hybridized carbons (Fsp3) is 1.00. The molecule has 0 aromatic heterocycles. The lowest BCUT2D eigenvalue weighted by atomic mass is 9.99. The van der Waals surface area contributed by atoms with Gasteiger partial charge >= 0.3 is 0 Å². The van der Waals surface area contributed by atoms with E-state index < -0.39 is 0 Å². The maximum atomic E-state index is 5.73. The van der Waals surface area contributed by atoms with Crippen LogP contribution in [0.3, 0.4) is 0 Å². The van der Waals surface area contributed by atoms with Crippen LogP contribution in [0.1, 0.15) is 97.3 Å². The predicted molar refractivity (Wildman–Crippen MR) is 92.9 cm³/mol. The molecule has 126 valence electrons. The van der Waals surface area contributed by atoms with Gasteiger partial charge in [0, 0.05) is 12.6 Å². The molecule has 0 bridgehead atoms. The Kier molecular flexibility index (Phi) is 12.3. The van der Waals surface area contributed by atoms with Gasteiger partial charge in [-0.3, -0.25) is 0 Å². The second-order valence-electron chi connectivity index (χ2n) is 6.77. The minimum Gasteiger partial charge on any atom is -0.378 e. The van der Waals surface area contributed by atoms with Crippen LogP contribution >= 0.6 is 0 Å². The molecule has 2 atom stereocenters. The number of hydrogen-bond acceptors (Lipinski definition) is 2. The molecule has 2 unspecified atom stereocenters. The summed E-state index contributed by atoms with van der Waals surface area (Å²) in [5.74, 6) is 0. The zero-order valence-electron chi connectivity index (χ0n) is 14.7. The van der Waals surface area contributed by atoms with Crippen LogP contribution in [0.15, 0.2) is 0 Å². The van der Waals surface area contributed by atoms with Crippen LogP contribution < -0.4 is 5.32 Å². The van der Waals surface area contributed by atoms with Crippen molar-refractivity contribution in [2.75, 3.05) is 13.2 Å². The lowest BCUT2D eigenvalue weighted by Crippen LogP contribution is -2.30. The van der Waals surface area contributed by atoms with Crippen molar-refractivity contribution in [3.05, 3.63) is 0 Å². The van der Waals surface area contributed by atoms with E-state index in [1.165, 1.54) is 90.0 Å². The molecule has 1 rings (SSSR count). The van der Waals surface area contributed by atoms with Crippen molar-refractivity contribution >= 4 is 0 Å². The minimum atomic E-state index is 0.575. The maximum Gasteiger partial charge on any atom is 0.0576 e. The second kappa shape index (κ2) is 13.6. The third kappa shape index (κ3) is 10.3. The van der Waals surface area contributed by atoms with Gasteiger partial charge in [0.1, 0.15) is 0 Å². The molecule has 1 N–H and O–H groups in total. The molecule has 0 aromatic rings. The molecular formula is C19H39NO. The summed E-state index contributed by atoms with van der Waals surface area (Å²) in [6.07, 6.45) is 18.2. The van der Waals surface area contributed by atoms with E-state index in [9.17, 15) is 0 Å². The number of hydrogen-bond donors (Lipinski definition) is 1. The summed E-state index contributed by atoms with van der Waals surface area (Å²) in [4.78, 5) is 0. The van der Waals surface area contributed by atoms with E-state index in [0.29, 0.717) is 6.10 Å². The molecule has 2 heteroatoms. The van der Waals surface area contributed by atoms with Gasteiger partial charge in [0.2, 0.25) is 0 Å². The minimum absolute atomic E-state index is 0.575. The number of ether oxygens (including phenoxy) is 1. The molecule has 0 aliphatic carbocycles. The van der Waals surface area contributed by atoms with Gasteiger partial charge < -0.3 is 10.1 Å². The van der Waals surface area contributed by atoms with Gasteiger partial charge in [0.05, 0.1) is 6.10 Å². The van der Waals surface area contributed by atoms with E-state index >= 15 is 0 Å². The Morgan fingerprint density at radius 1 is 0.952 bits per heavy atom. The molecule has 1 fully saturated rings. The lowest BCUT2D eigenvalue weighted by Gasteiger charge is -2.19.